The molecular weight excluding hydrogens is 1020 g/mol. The molecule has 0 N–H and O–H groups in total. The van der Waals surface area contributed by atoms with Crippen LogP contribution in [0.2, 0.25) is 0 Å². The summed E-state index contributed by atoms with van der Waals surface area (Å²) in [7, 11) is 0. The van der Waals surface area contributed by atoms with Crippen LogP contribution in [0.1, 0.15) is 22.3 Å². The van der Waals surface area contributed by atoms with Gasteiger partial charge >= 0.3 is 0 Å². The van der Waals surface area contributed by atoms with Gasteiger partial charge in [0, 0.05) is 33.5 Å². The summed E-state index contributed by atoms with van der Waals surface area (Å²) in [5.41, 5.74) is 20.9. The Kier molecular flexibility index (Phi) is 11.2. The fraction of sp³-hybridized carbons (Fsp3) is 0.0120. The molecule has 0 bridgehead atoms. The summed E-state index contributed by atoms with van der Waals surface area (Å²) >= 11 is 0. The fourth-order valence-electron chi connectivity index (χ4n) is 14.4. The molecule has 2 nitrogen and oxygen atoms in total. The molecule has 85 heavy (non-hydrogen) atoms. The van der Waals surface area contributed by atoms with Crippen LogP contribution in [0, 0.1) is 0 Å². The van der Waals surface area contributed by atoms with Gasteiger partial charge in [0.05, 0.1) is 16.4 Å². The zero-order valence-electron chi connectivity index (χ0n) is 46.6. The van der Waals surface area contributed by atoms with E-state index in [1.54, 1.807) is 0 Å². The Morgan fingerprint density at radius 1 is 0.235 bits per heavy atom. The number of anilines is 3. The largest absolute Gasteiger partial charge is 0.310 e. The lowest BCUT2D eigenvalue weighted by Gasteiger charge is -2.35. The Hall–Kier alpha value is -11.1. The lowest BCUT2D eigenvalue weighted by molar-refractivity contribution is 0.768. The Balaban J connectivity index is 0.831. The maximum Gasteiger partial charge on any atom is 0.0714 e. The molecule has 15 aromatic carbocycles. The molecule has 396 valence electrons. The van der Waals surface area contributed by atoms with E-state index in [0.29, 0.717) is 0 Å². The lowest BCUT2D eigenvalue weighted by atomic mass is 9.67. The van der Waals surface area contributed by atoms with E-state index in [0.717, 1.165) is 33.9 Å². The molecular formula is C83H54N2. The Morgan fingerprint density at radius 2 is 0.682 bits per heavy atom. The minimum atomic E-state index is -0.536. The second-order valence-corrected chi connectivity index (χ2v) is 22.7. The summed E-state index contributed by atoms with van der Waals surface area (Å²) < 4.78 is 2.48. The van der Waals surface area contributed by atoms with Crippen molar-refractivity contribution in [2.45, 2.75) is 5.41 Å². The number of benzene rings is 15. The topological polar surface area (TPSA) is 8.17 Å². The number of fused-ring (bicyclic) bond motifs is 13. The van der Waals surface area contributed by atoms with Gasteiger partial charge in [0.25, 0.3) is 0 Å². The molecule has 1 aromatic heterocycles. The maximum absolute atomic E-state index is 2.48. The highest BCUT2D eigenvalue weighted by Crippen LogP contribution is 2.57. The molecule has 1 aliphatic rings. The van der Waals surface area contributed by atoms with Gasteiger partial charge in [-0.15, -0.1) is 0 Å². The standard InChI is InChI=1S/C83H54N2/c1-4-19-55(20-5-1)56-35-41-63(42-36-56)84(66-46-48-75-74-32-16-17-34-79(74)83(80(75)54-66,61-23-6-2-7-24-61)62-25-8-3-9-26-62)64-43-37-57(38-44-64)59-39-49-81-77(51-59)78-52-60(68-33-18-22-58-21-10-11-27-67(58)68)40-50-82(78)85(81)65-45-47-73-71-30-13-12-28-69(71)70-29-14-15-31-72(70)76(73)53-65/h1-54H. The highest BCUT2D eigenvalue weighted by molar-refractivity contribution is 6.26. The molecule has 0 amide bonds. The smallest absolute Gasteiger partial charge is 0.0714 e. The SMILES string of the molecule is c1ccc(-c2ccc(N(c3ccc(-c4ccc5c(c4)c4cc(-c6cccc7ccccc67)ccc4n5-c4ccc5c6ccccc6c6ccccc6c5c4)cc3)c3ccc4c(c3)C(c3ccccc3)(c3ccccc3)c3ccccc3-4)cc2)cc1. The average Bonchev–Trinajstić information content (AvgIpc) is 1.94. The van der Waals surface area contributed by atoms with E-state index in [1.807, 2.05) is 0 Å². The van der Waals surface area contributed by atoms with Gasteiger partial charge in [-0.05, 0) is 183 Å². The van der Waals surface area contributed by atoms with Gasteiger partial charge in [-0.25, -0.2) is 0 Å². The molecule has 16 aromatic rings. The highest BCUT2D eigenvalue weighted by Gasteiger charge is 2.46. The second-order valence-electron chi connectivity index (χ2n) is 22.7. The van der Waals surface area contributed by atoms with Crippen LogP contribution in [0.5, 0.6) is 0 Å². The summed E-state index contributed by atoms with van der Waals surface area (Å²) in [6.07, 6.45) is 0. The van der Waals surface area contributed by atoms with Crippen molar-refractivity contribution in [2.24, 2.45) is 0 Å². The predicted molar refractivity (Wildman–Crippen MR) is 359 cm³/mol. The van der Waals surface area contributed by atoms with Crippen molar-refractivity contribution in [1.82, 2.24) is 4.57 Å². The van der Waals surface area contributed by atoms with Gasteiger partial charge in [0.2, 0.25) is 0 Å². The minimum absolute atomic E-state index is 0.536. The molecule has 1 aliphatic carbocycles. The Bertz CT molecular complexity index is 5190. The van der Waals surface area contributed by atoms with Crippen molar-refractivity contribution in [3.63, 3.8) is 0 Å². The van der Waals surface area contributed by atoms with Crippen LogP contribution in [0.25, 0.3) is 115 Å². The van der Waals surface area contributed by atoms with E-state index >= 15 is 0 Å². The van der Waals surface area contributed by atoms with E-state index in [4.69, 9.17) is 0 Å². The molecule has 1 heterocycles. The normalized spacial score (nSPS) is 12.6. The van der Waals surface area contributed by atoms with E-state index in [2.05, 4.69) is 337 Å². The van der Waals surface area contributed by atoms with Gasteiger partial charge < -0.3 is 9.47 Å². The van der Waals surface area contributed by atoms with Crippen LogP contribution in [-0.4, -0.2) is 4.57 Å². The van der Waals surface area contributed by atoms with Crippen molar-refractivity contribution < 1.29 is 0 Å². The van der Waals surface area contributed by atoms with Crippen molar-refractivity contribution in [3.8, 4) is 50.2 Å². The van der Waals surface area contributed by atoms with Gasteiger partial charge in [-0.1, -0.05) is 255 Å². The Labute approximate surface area is 494 Å². The van der Waals surface area contributed by atoms with Crippen LogP contribution < -0.4 is 4.90 Å². The van der Waals surface area contributed by atoms with Crippen molar-refractivity contribution in [1.29, 1.82) is 0 Å². The fourth-order valence-corrected chi connectivity index (χ4v) is 14.4. The first-order valence-electron chi connectivity index (χ1n) is 29.5. The zero-order chi connectivity index (χ0) is 56.0. The summed E-state index contributed by atoms with van der Waals surface area (Å²) in [5, 5.41) is 12.5. The monoisotopic (exact) mass is 1080 g/mol. The van der Waals surface area contributed by atoms with Crippen LogP contribution in [-0.2, 0) is 5.41 Å². The maximum atomic E-state index is 2.48. The molecule has 0 fully saturated rings. The van der Waals surface area contributed by atoms with Gasteiger partial charge in [-0.3, -0.25) is 0 Å². The summed E-state index contributed by atoms with van der Waals surface area (Å²) in [5.74, 6) is 0. The number of hydrogen-bond acceptors (Lipinski definition) is 1. The van der Waals surface area contributed by atoms with Crippen LogP contribution >= 0.6 is 0 Å². The molecule has 17 rings (SSSR count). The highest BCUT2D eigenvalue weighted by atomic mass is 15.1. The Morgan fingerprint density at radius 3 is 1.33 bits per heavy atom. The van der Waals surface area contributed by atoms with E-state index < -0.39 is 5.41 Å². The molecule has 0 spiro atoms. The number of rotatable bonds is 9. The summed E-state index contributed by atoms with van der Waals surface area (Å²) in [6.45, 7) is 0. The molecule has 0 aliphatic heterocycles. The molecule has 0 unspecified atom stereocenters. The average molecular weight is 1080 g/mol. The predicted octanol–water partition coefficient (Wildman–Crippen LogP) is 22.2. The number of aromatic nitrogens is 1. The number of hydrogen-bond donors (Lipinski definition) is 0. The molecule has 0 saturated heterocycles. The van der Waals surface area contributed by atoms with Crippen LogP contribution in [0.4, 0.5) is 17.1 Å². The third kappa shape index (κ3) is 7.66. The first kappa shape index (κ1) is 48.6. The molecule has 0 radical (unpaired) electrons. The van der Waals surface area contributed by atoms with E-state index in [-0.39, 0.29) is 0 Å². The summed E-state index contributed by atoms with van der Waals surface area (Å²) in [4.78, 5) is 2.43. The first-order valence-corrected chi connectivity index (χ1v) is 29.5. The van der Waals surface area contributed by atoms with Gasteiger partial charge in [-0.2, -0.15) is 0 Å². The lowest BCUT2D eigenvalue weighted by Crippen LogP contribution is -2.28. The molecule has 0 saturated carbocycles. The molecule has 0 atom stereocenters. The third-order valence-electron chi connectivity index (χ3n) is 18.2. The number of nitrogens with zero attached hydrogens (tertiary/aromatic N) is 2. The van der Waals surface area contributed by atoms with Crippen molar-refractivity contribution >= 4 is 82.0 Å². The first-order chi connectivity index (χ1) is 42.2. The van der Waals surface area contributed by atoms with Crippen molar-refractivity contribution in [2.75, 3.05) is 4.90 Å². The third-order valence-corrected chi connectivity index (χ3v) is 18.2. The molecule has 2 heteroatoms. The van der Waals surface area contributed by atoms with E-state index in [9.17, 15) is 0 Å². The van der Waals surface area contributed by atoms with Crippen molar-refractivity contribution in [3.05, 3.63) is 350 Å². The van der Waals surface area contributed by atoms with Crippen LogP contribution in [0.3, 0.4) is 0 Å². The van der Waals surface area contributed by atoms with Gasteiger partial charge in [0.15, 0.2) is 0 Å². The second kappa shape index (κ2) is 19.6. The van der Waals surface area contributed by atoms with Crippen LogP contribution in [0.15, 0.2) is 328 Å². The quantitative estimate of drug-likeness (QED) is 0.131. The van der Waals surface area contributed by atoms with Gasteiger partial charge in [0.1, 0.15) is 0 Å². The zero-order valence-corrected chi connectivity index (χ0v) is 46.6. The minimum Gasteiger partial charge on any atom is -0.310 e. The van der Waals surface area contributed by atoms with E-state index in [1.165, 1.54) is 121 Å². The summed E-state index contributed by atoms with van der Waals surface area (Å²) in [6, 6.07) is 122.